The van der Waals surface area contributed by atoms with Crippen molar-refractivity contribution in [1.82, 2.24) is 4.31 Å². The van der Waals surface area contributed by atoms with E-state index in [-0.39, 0.29) is 10.9 Å². The molecule has 0 saturated carbocycles. The van der Waals surface area contributed by atoms with Crippen LogP contribution in [0, 0.1) is 0 Å². The molecule has 0 atom stereocenters. The largest absolute Gasteiger partial charge is 0.323 e. The maximum atomic E-state index is 13.0. The van der Waals surface area contributed by atoms with Gasteiger partial charge in [-0.2, -0.15) is 4.31 Å². The molecule has 2 N–H and O–H groups in total. The number of hydrogen-bond acceptors (Lipinski definition) is 3. The van der Waals surface area contributed by atoms with Gasteiger partial charge in [0.05, 0.1) is 4.90 Å². The van der Waals surface area contributed by atoms with Gasteiger partial charge in [0, 0.05) is 24.5 Å². The number of urea groups is 1. The molecule has 3 aromatic carbocycles. The number of amides is 2. The molecule has 0 radical (unpaired) electrons. The van der Waals surface area contributed by atoms with Crippen molar-refractivity contribution in [1.29, 1.82) is 0 Å². The van der Waals surface area contributed by atoms with Crippen molar-refractivity contribution >= 4 is 27.4 Å². The van der Waals surface area contributed by atoms with Gasteiger partial charge in [-0.1, -0.05) is 42.5 Å². The number of hydrogen-bond donors (Lipinski definition) is 2. The Morgan fingerprint density at radius 2 is 1.34 bits per heavy atom. The van der Waals surface area contributed by atoms with Crippen LogP contribution in [0.4, 0.5) is 16.2 Å². The molecule has 0 saturated heterocycles. The third-order valence-corrected chi connectivity index (χ3v) is 6.74. The fraction of sp³-hybridized carbons (Fsp3) is 0.136. The van der Waals surface area contributed by atoms with Gasteiger partial charge in [0.25, 0.3) is 0 Å². The molecule has 1 heterocycles. The second-order valence-corrected chi connectivity index (χ2v) is 8.76. The molecule has 0 bridgehead atoms. The summed E-state index contributed by atoms with van der Waals surface area (Å²) in [5.41, 5.74) is 3.43. The Morgan fingerprint density at radius 1 is 0.759 bits per heavy atom. The van der Waals surface area contributed by atoms with Crippen molar-refractivity contribution in [3.05, 3.63) is 90.0 Å². The van der Waals surface area contributed by atoms with Crippen LogP contribution in [0.3, 0.4) is 0 Å². The highest BCUT2D eigenvalue weighted by Gasteiger charge is 2.28. The minimum atomic E-state index is -3.59. The lowest BCUT2D eigenvalue weighted by molar-refractivity contribution is 0.262. The smallest absolute Gasteiger partial charge is 0.308 e. The number of benzene rings is 3. The predicted octanol–water partition coefficient (Wildman–Crippen LogP) is 4.08. The summed E-state index contributed by atoms with van der Waals surface area (Å²) < 4.78 is 27.5. The molecule has 0 fully saturated rings. The van der Waals surface area contributed by atoms with Crippen LogP contribution in [0.15, 0.2) is 83.8 Å². The second kappa shape index (κ2) is 8.06. The summed E-state index contributed by atoms with van der Waals surface area (Å²) in [4.78, 5) is 12.3. The molecular formula is C22H21N3O3S. The lowest BCUT2D eigenvalue weighted by atomic mass is 10.0. The van der Waals surface area contributed by atoms with Crippen LogP contribution in [-0.2, 0) is 23.0 Å². The molecular weight excluding hydrogens is 386 g/mol. The lowest BCUT2D eigenvalue weighted by Gasteiger charge is -2.28. The number of sulfonamides is 1. The van der Waals surface area contributed by atoms with E-state index in [1.54, 1.807) is 24.3 Å². The first-order valence-electron chi connectivity index (χ1n) is 9.32. The molecule has 1 aliphatic rings. The fourth-order valence-electron chi connectivity index (χ4n) is 3.35. The van der Waals surface area contributed by atoms with Crippen molar-refractivity contribution in [2.75, 3.05) is 17.2 Å². The Labute approximate surface area is 170 Å². The van der Waals surface area contributed by atoms with E-state index < -0.39 is 10.0 Å². The molecule has 29 heavy (non-hydrogen) atoms. The molecule has 6 nitrogen and oxygen atoms in total. The Bertz CT molecular complexity index is 1110. The first kappa shape index (κ1) is 19.2. The average Bonchev–Trinajstić information content (AvgIpc) is 2.74. The molecule has 2 amide bonds. The summed E-state index contributed by atoms with van der Waals surface area (Å²) in [6.45, 7) is 0.830. The Kier molecular flexibility index (Phi) is 5.33. The van der Waals surface area contributed by atoms with E-state index in [9.17, 15) is 13.2 Å². The molecule has 4 rings (SSSR count). The van der Waals surface area contributed by atoms with Crippen LogP contribution in [0.25, 0.3) is 0 Å². The second-order valence-electron chi connectivity index (χ2n) is 6.83. The van der Waals surface area contributed by atoms with Crippen LogP contribution in [-0.4, -0.2) is 25.3 Å². The summed E-state index contributed by atoms with van der Waals surface area (Å²) in [6.07, 6.45) is 0.703. The lowest BCUT2D eigenvalue weighted by Crippen LogP contribution is -2.35. The van der Waals surface area contributed by atoms with E-state index in [0.717, 1.165) is 5.56 Å². The molecule has 1 aliphatic heterocycles. The van der Waals surface area contributed by atoms with Crippen molar-refractivity contribution in [2.24, 2.45) is 0 Å². The number of nitrogens with zero attached hydrogens (tertiary/aromatic N) is 1. The number of anilines is 2. The number of rotatable bonds is 4. The predicted molar refractivity (Wildman–Crippen MR) is 113 cm³/mol. The summed E-state index contributed by atoms with van der Waals surface area (Å²) in [6, 6.07) is 22.8. The monoisotopic (exact) mass is 407 g/mol. The molecule has 0 aromatic heterocycles. The minimum absolute atomic E-state index is 0.214. The highest BCUT2D eigenvalue weighted by atomic mass is 32.2. The molecule has 0 unspecified atom stereocenters. The third kappa shape index (κ3) is 4.31. The van der Waals surface area contributed by atoms with E-state index in [4.69, 9.17) is 0 Å². The van der Waals surface area contributed by atoms with Gasteiger partial charge in [-0.25, -0.2) is 13.2 Å². The summed E-state index contributed by atoms with van der Waals surface area (Å²) >= 11 is 0. The Balaban J connectivity index is 1.44. The van der Waals surface area contributed by atoms with Crippen LogP contribution < -0.4 is 10.6 Å². The van der Waals surface area contributed by atoms with Gasteiger partial charge in [0.15, 0.2) is 0 Å². The molecule has 148 valence electrons. The summed E-state index contributed by atoms with van der Waals surface area (Å²) in [7, 11) is -3.59. The first-order valence-corrected chi connectivity index (χ1v) is 10.8. The highest BCUT2D eigenvalue weighted by Crippen LogP contribution is 2.25. The van der Waals surface area contributed by atoms with E-state index in [1.807, 2.05) is 42.5 Å². The molecule has 3 aromatic rings. The standard InChI is InChI=1S/C22H21N3O3S/c26-22(23-19-8-2-1-3-9-19)24-20-10-12-21(13-11-20)29(27,28)25-15-14-17-6-4-5-7-18(17)16-25/h1-13H,14-16H2,(H2,23,24,26). The SMILES string of the molecule is O=C(Nc1ccccc1)Nc1ccc(S(=O)(=O)N2CCc3ccccc3C2)cc1. The van der Waals surface area contributed by atoms with Crippen LogP contribution >= 0.6 is 0 Å². The van der Waals surface area contributed by atoms with Crippen molar-refractivity contribution in [2.45, 2.75) is 17.9 Å². The number of nitrogens with one attached hydrogen (secondary N) is 2. The average molecular weight is 407 g/mol. The van der Waals surface area contributed by atoms with E-state index in [1.165, 1.54) is 22.0 Å². The zero-order valence-corrected chi connectivity index (χ0v) is 16.5. The zero-order chi connectivity index (χ0) is 20.3. The Morgan fingerprint density at radius 3 is 2.03 bits per heavy atom. The van der Waals surface area contributed by atoms with Gasteiger partial charge in [0.2, 0.25) is 10.0 Å². The van der Waals surface area contributed by atoms with E-state index >= 15 is 0 Å². The maximum Gasteiger partial charge on any atom is 0.323 e. The fourth-order valence-corrected chi connectivity index (χ4v) is 4.77. The quantitative estimate of drug-likeness (QED) is 0.684. The third-order valence-electron chi connectivity index (χ3n) is 4.88. The van der Waals surface area contributed by atoms with Crippen LogP contribution in [0.5, 0.6) is 0 Å². The van der Waals surface area contributed by atoms with Gasteiger partial charge in [0.1, 0.15) is 0 Å². The number of fused-ring (bicyclic) bond motifs is 1. The number of carbonyl (C=O) groups excluding carboxylic acids is 1. The van der Waals surface area contributed by atoms with Gasteiger partial charge in [-0.05, 0) is 53.9 Å². The topological polar surface area (TPSA) is 78.5 Å². The number of para-hydroxylation sites is 1. The van der Waals surface area contributed by atoms with Crippen LogP contribution in [0.2, 0.25) is 0 Å². The van der Waals surface area contributed by atoms with Gasteiger partial charge >= 0.3 is 6.03 Å². The van der Waals surface area contributed by atoms with E-state index in [0.29, 0.717) is 30.9 Å². The molecule has 0 spiro atoms. The zero-order valence-electron chi connectivity index (χ0n) is 15.7. The van der Waals surface area contributed by atoms with E-state index in [2.05, 4.69) is 10.6 Å². The highest BCUT2D eigenvalue weighted by molar-refractivity contribution is 7.89. The summed E-state index contributed by atoms with van der Waals surface area (Å²) in [5, 5.41) is 5.42. The normalized spacial score (nSPS) is 14.1. The van der Waals surface area contributed by atoms with Crippen molar-refractivity contribution in [3.63, 3.8) is 0 Å². The molecule has 7 heteroatoms. The Hall–Kier alpha value is -3.16. The maximum absolute atomic E-state index is 13.0. The van der Waals surface area contributed by atoms with Crippen LogP contribution in [0.1, 0.15) is 11.1 Å². The molecule has 0 aliphatic carbocycles. The van der Waals surface area contributed by atoms with Gasteiger partial charge in [-0.15, -0.1) is 0 Å². The van der Waals surface area contributed by atoms with Gasteiger partial charge in [-0.3, -0.25) is 0 Å². The first-order chi connectivity index (χ1) is 14.0. The number of carbonyl (C=O) groups is 1. The minimum Gasteiger partial charge on any atom is -0.308 e. The van der Waals surface area contributed by atoms with Crippen molar-refractivity contribution < 1.29 is 13.2 Å². The van der Waals surface area contributed by atoms with Gasteiger partial charge < -0.3 is 10.6 Å². The summed E-state index contributed by atoms with van der Waals surface area (Å²) in [5.74, 6) is 0. The van der Waals surface area contributed by atoms with Crippen molar-refractivity contribution in [3.8, 4) is 0 Å².